The van der Waals surface area contributed by atoms with Crippen molar-refractivity contribution in [2.45, 2.75) is 52.1 Å². The fraction of sp³-hybridized carbons (Fsp3) is 0.533. The molecule has 0 aromatic carbocycles. The van der Waals surface area contributed by atoms with Gasteiger partial charge in [-0.3, -0.25) is 0 Å². The maximum atomic E-state index is 4.49. The van der Waals surface area contributed by atoms with Gasteiger partial charge in [0, 0.05) is 37.2 Å². The van der Waals surface area contributed by atoms with Gasteiger partial charge >= 0.3 is 0 Å². The predicted molar refractivity (Wildman–Crippen MR) is 85.3 cm³/mol. The SMILES string of the molecule is CCc1cc(N[C@H]2CCc3nnc(CC)n3C2)n2ncnc2n1. The van der Waals surface area contributed by atoms with Crippen molar-refractivity contribution in [1.29, 1.82) is 0 Å². The summed E-state index contributed by atoms with van der Waals surface area (Å²) < 4.78 is 4.00. The first-order chi connectivity index (χ1) is 11.3. The Morgan fingerprint density at radius 1 is 1.26 bits per heavy atom. The number of nitrogens with zero attached hydrogens (tertiary/aromatic N) is 7. The minimum absolute atomic E-state index is 0.323. The Kier molecular flexibility index (Phi) is 3.44. The summed E-state index contributed by atoms with van der Waals surface area (Å²) in [6.07, 6.45) is 5.29. The standard InChI is InChI=1S/C15H20N8/c1-3-10-7-14(23-15(19-10)16-9-17-23)18-11-5-6-13-21-20-12(4-2)22(13)8-11/h7,9,11,18H,3-6,8H2,1-2H3/t11-/m0/s1. The van der Waals surface area contributed by atoms with Crippen LogP contribution < -0.4 is 5.32 Å². The van der Waals surface area contributed by atoms with Crippen molar-refractivity contribution in [3.63, 3.8) is 0 Å². The average molecular weight is 312 g/mol. The molecular weight excluding hydrogens is 292 g/mol. The Bertz CT molecular complexity index is 820. The number of hydrogen-bond donors (Lipinski definition) is 1. The Hall–Kier alpha value is -2.51. The van der Waals surface area contributed by atoms with Gasteiger partial charge in [-0.2, -0.15) is 14.6 Å². The molecule has 0 bridgehead atoms. The first-order valence-corrected chi connectivity index (χ1v) is 8.15. The zero-order valence-corrected chi connectivity index (χ0v) is 13.4. The Labute approximate surface area is 134 Å². The number of rotatable bonds is 4. The molecule has 1 aliphatic rings. The maximum Gasteiger partial charge on any atom is 0.254 e. The molecule has 1 aliphatic heterocycles. The Morgan fingerprint density at radius 3 is 3.00 bits per heavy atom. The summed E-state index contributed by atoms with van der Waals surface area (Å²) in [6.45, 7) is 5.09. The van der Waals surface area contributed by atoms with Gasteiger partial charge < -0.3 is 9.88 Å². The van der Waals surface area contributed by atoms with Gasteiger partial charge in [0.15, 0.2) is 0 Å². The molecule has 1 atom stereocenters. The van der Waals surface area contributed by atoms with Gasteiger partial charge in [0.25, 0.3) is 5.78 Å². The molecule has 0 radical (unpaired) electrons. The lowest BCUT2D eigenvalue weighted by Gasteiger charge is -2.26. The van der Waals surface area contributed by atoms with Crippen LogP contribution in [0, 0.1) is 0 Å². The molecule has 4 heterocycles. The first-order valence-electron chi connectivity index (χ1n) is 8.15. The van der Waals surface area contributed by atoms with Crippen LogP contribution >= 0.6 is 0 Å². The fourth-order valence-electron chi connectivity index (χ4n) is 3.12. The zero-order valence-electron chi connectivity index (χ0n) is 13.4. The van der Waals surface area contributed by atoms with Gasteiger partial charge in [-0.15, -0.1) is 10.2 Å². The van der Waals surface area contributed by atoms with Gasteiger partial charge in [-0.1, -0.05) is 13.8 Å². The van der Waals surface area contributed by atoms with E-state index in [0.29, 0.717) is 11.8 Å². The molecule has 8 heteroatoms. The van der Waals surface area contributed by atoms with Gasteiger partial charge in [0.2, 0.25) is 0 Å². The smallest absolute Gasteiger partial charge is 0.254 e. The van der Waals surface area contributed by atoms with Crippen LogP contribution in [0.4, 0.5) is 5.82 Å². The van der Waals surface area contributed by atoms with Crippen LogP contribution in [0.5, 0.6) is 0 Å². The fourth-order valence-corrected chi connectivity index (χ4v) is 3.12. The minimum atomic E-state index is 0.323. The van der Waals surface area contributed by atoms with E-state index in [1.165, 1.54) is 0 Å². The third kappa shape index (κ3) is 2.43. The van der Waals surface area contributed by atoms with Gasteiger partial charge in [0.05, 0.1) is 0 Å². The molecule has 120 valence electrons. The lowest BCUT2D eigenvalue weighted by Crippen LogP contribution is -2.33. The van der Waals surface area contributed by atoms with Crippen LogP contribution in [0.15, 0.2) is 12.4 Å². The van der Waals surface area contributed by atoms with E-state index in [9.17, 15) is 0 Å². The van der Waals surface area contributed by atoms with Crippen molar-refractivity contribution in [1.82, 2.24) is 34.3 Å². The van der Waals surface area contributed by atoms with Gasteiger partial charge in [-0.05, 0) is 12.8 Å². The molecule has 0 spiro atoms. The lowest BCUT2D eigenvalue weighted by atomic mass is 10.1. The van der Waals surface area contributed by atoms with Crippen molar-refractivity contribution in [3.05, 3.63) is 29.7 Å². The van der Waals surface area contributed by atoms with Crippen molar-refractivity contribution in [2.75, 3.05) is 5.32 Å². The molecule has 0 fully saturated rings. The maximum absolute atomic E-state index is 4.49. The summed E-state index contributed by atoms with van der Waals surface area (Å²) in [5, 5.41) is 16.4. The van der Waals surface area contributed by atoms with Crippen LogP contribution in [0.1, 0.15) is 37.6 Å². The summed E-state index contributed by atoms with van der Waals surface area (Å²) in [5.74, 6) is 3.74. The first kappa shape index (κ1) is 14.1. The molecule has 23 heavy (non-hydrogen) atoms. The third-order valence-corrected chi connectivity index (χ3v) is 4.36. The molecule has 0 saturated carbocycles. The average Bonchev–Trinajstić information content (AvgIpc) is 3.20. The van der Waals surface area contributed by atoms with E-state index < -0.39 is 0 Å². The Balaban J connectivity index is 1.63. The summed E-state index contributed by atoms with van der Waals surface area (Å²) in [6, 6.07) is 2.38. The van der Waals surface area contributed by atoms with Crippen molar-refractivity contribution in [3.8, 4) is 0 Å². The number of aromatic nitrogens is 7. The molecule has 8 nitrogen and oxygen atoms in total. The zero-order chi connectivity index (χ0) is 15.8. The number of hydrogen-bond acceptors (Lipinski definition) is 6. The monoisotopic (exact) mass is 312 g/mol. The topological polar surface area (TPSA) is 85.8 Å². The number of fused-ring (bicyclic) bond motifs is 2. The molecule has 3 aromatic rings. The second-order valence-electron chi connectivity index (χ2n) is 5.83. The van der Waals surface area contributed by atoms with Crippen LogP contribution in [0.25, 0.3) is 5.78 Å². The van der Waals surface area contributed by atoms with Gasteiger partial charge in [-0.25, -0.2) is 4.98 Å². The highest BCUT2D eigenvalue weighted by Crippen LogP contribution is 2.20. The van der Waals surface area contributed by atoms with Crippen LogP contribution in [-0.2, 0) is 25.8 Å². The number of anilines is 1. The largest absolute Gasteiger partial charge is 0.365 e. The van der Waals surface area contributed by atoms with Crippen molar-refractivity contribution in [2.24, 2.45) is 0 Å². The van der Waals surface area contributed by atoms with Crippen molar-refractivity contribution >= 4 is 11.6 Å². The second kappa shape index (κ2) is 5.60. The van der Waals surface area contributed by atoms with E-state index in [-0.39, 0.29) is 0 Å². The molecular formula is C15H20N8. The third-order valence-electron chi connectivity index (χ3n) is 4.36. The van der Waals surface area contributed by atoms with Crippen LogP contribution in [0.2, 0.25) is 0 Å². The quantitative estimate of drug-likeness (QED) is 0.781. The normalized spacial score (nSPS) is 17.4. The summed E-state index contributed by atoms with van der Waals surface area (Å²) in [4.78, 5) is 8.70. The molecule has 0 amide bonds. The summed E-state index contributed by atoms with van der Waals surface area (Å²) >= 11 is 0. The molecule has 1 N–H and O–H groups in total. The van der Waals surface area contributed by atoms with Crippen molar-refractivity contribution < 1.29 is 0 Å². The molecule has 0 saturated heterocycles. The van der Waals surface area contributed by atoms with E-state index in [0.717, 1.165) is 55.4 Å². The Morgan fingerprint density at radius 2 is 2.17 bits per heavy atom. The van der Waals surface area contributed by atoms with Gasteiger partial charge in [0.1, 0.15) is 23.8 Å². The highest BCUT2D eigenvalue weighted by atomic mass is 15.4. The summed E-state index contributed by atoms with van der Waals surface area (Å²) in [5.41, 5.74) is 1.02. The summed E-state index contributed by atoms with van der Waals surface area (Å²) in [7, 11) is 0. The number of aryl methyl sites for hydroxylation is 3. The predicted octanol–water partition coefficient (Wildman–Crippen LogP) is 1.27. The van der Waals surface area contributed by atoms with E-state index in [1.807, 2.05) is 0 Å². The van der Waals surface area contributed by atoms with E-state index in [1.54, 1.807) is 10.8 Å². The second-order valence-corrected chi connectivity index (χ2v) is 5.83. The number of nitrogens with one attached hydrogen (secondary N) is 1. The minimum Gasteiger partial charge on any atom is -0.365 e. The molecule has 3 aromatic heterocycles. The van der Waals surface area contributed by atoms with E-state index in [2.05, 4.69) is 55.1 Å². The molecule has 0 unspecified atom stereocenters. The highest BCUT2D eigenvalue weighted by Gasteiger charge is 2.23. The molecule has 4 rings (SSSR count). The highest BCUT2D eigenvalue weighted by molar-refractivity contribution is 5.45. The van der Waals surface area contributed by atoms with Crippen LogP contribution in [-0.4, -0.2) is 40.4 Å². The van der Waals surface area contributed by atoms with E-state index >= 15 is 0 Å². The lowest BCUT2D eigenvalue weighted by molar-refractivity contribution is 0.464. The molecule has 0 aliphatic carbocycles. The van der Waals surface area contributed by atoms with E-state index in [4.69, 9.17) is 0 Å². The van der Waals surface area contributed by atoms with Crippen LogP contribution in [0.3, 0.4) is 0 Å².